The number of carbonyl (C=O) groups excluding carboxylic acids is 1. The second kappa shape index (κ2) is 3.10. The molecule has 1 aromatic rings. The van der Waals surface area contributed by atoms with Crippen LogP contribution in [0.5, 0.6) is 0 Å². The van der Waals surface area contributed by atoms with Gasteiger partial charge in [-0.3, -0.25) is 4.79 Å². The first-order valence-electron chi connectivity index (χ1n) is 4.96. The summed E-state index contributed by atoms with van der Waals surface area (Å²) in [4.78, 5) is 17.8. The van der Waals surface area contributed by atoms with Crippen LogP contribution in [0.15, 0.2) is 12.3 Å². The van der Waals surface area contributed by atoms with Gasteiger partial charge in [0.25, 0.3) is 0 Å². The number of nitrogens with one attached hydrogen (secondary N) is 1. The number of halogens is 1. The zero-order valence-corrected chi connectivity index (χ0v) is 8.79. The minimum absolute atomic E-state index is 0.0125. The largest absolute Gasteiger partial charge is 0.343 e. The van der Waals surface area contributed by atoms with Crippen molar-refractivity contribution in [1.29, 1.82) is 0 Å². The lowest BCUT2D eigenvalue weighted by molar-refractivity contribution is -0.115. The van der Waals surface area contributed by atoms with E-state index in [-0.39, 0.29) is 5.91 Å². The van der Waals surface area contributed by atoms with Crippen molar-refractivity contribution in [3.05, 3.63) is 17.3 Å². The van der Waals surface area contributed by atoms with E-state index < -0.39 is 0 Å². The summed E-state index contributed by atoms with van der Waals surface area (Å²) in [6, 6.07) is 2.24. The zero-order chi connectivity index (χ0) is 10.4. The second-order valence-electron chi connectivity index (χ2n) is 3.93. The van der Waals surface area contributed by atoms with E-state index in [1.165, 1.54) is 0 Å². The first-order valence-corrected chi connectivity index (χ1v) is 5.34. The molecular weight excluding hydrogens is 214 g/mol. The van der Waals surface area contributed by atoms with E-state index in [1.807, 2.05) is 0 Å². The van der Waals surface area contributed by atoms with Crippen molar-refractivity contribution in [3.63, 3.8) is 0 Å². The fourth-order valence-electron chi connectivity index (χ4n) is 1.86. The molecule has 1 fully saturated rings. The number of hydrogen-bond acceptors (Lipinski definition) is 3. The van der Waals surface area contributed by atoms with Gasteiger partial charge >= 0.3 is 0 Å². The summed E-state index contributed by atoms with van der Waals surface area (Å²) in [6.07, 6.45) is 3.92. The summed E-state index contributed by atoms with van der Waals surface area (Å²) in [5.41, 5.74) is 0.727. The van der Waals surface area contributed by atoms with Crippen molar-refractivity contribution in [2.24, 2.45) is 0 Å². The molecule has 1 saturated carbocycles. The number of anilines is 2. The van der Waals surface area contributed by atoms with Crippen LogP contribution in [0.25, 0.3) is 0 Å². The monoisotopic (exact) mass is 223 g/mol. The third-order valence-electron chi connectivity index (χ3n) is 2.68. The number of rotatable bonds is 1. The fourth-order valence-corrected chi connectivity index (χ4v) is 2.02. The molecule has 0 atom stereocenters. The van der Waals surface area contributed by atoms with Crippen LogP contribution < -0.4 is 10.2 Å². The molecule has 4 nitrogen and oxygen atoms in total. The van der Waals surface area contributed by atoms with E-state index in [1.54, 1.807) is 12.3 Å². The Bertz CT molecular complexity index is 431. The van der Waals surface area contributed by atoms with Crippen LogP contribution in [0.2, 0.25) is 5.02 Å². The number of pyridine rings is 1. The first kappa shape index (κ1) is 8.97. The lowest BCUT2D eigenvalue weighted by atomic mass is 10.2. The van der Waals surface area contributed by atoms with Gasteiger partial charge in [-0.2, -0.15) is 0 Å². The van der Waals surface area contributed by atoms with Crippen LogP contribution in [0, 0.1) is 0 Å². The molecule has 1 N–H and O–H groups in total. The standard InChI is InChI=1S/C10H10ClN3O/c11-6-3-8-10(12-4-6)14(7-1-2-7)5-9(15)13-8/h3-4,7H,1-2,5H2,(H,13,15). The molecule has 0 aromatic carbocycles. The molecule has 0 radical (unpaired) electrons. The molecule has 0 spiro atoms. The van der Waals surface area contributed by atoms with Crippen molar-refractivity contribution in [3.8, 4) is 0 Å². The molecule has 1 aliphatic carbocycles. The normalized spacial score (nSPS) is 19.8. The number of amides is 1. The molecule has 0 unspecified atom stereocenters. The van der Waals surface area contributed by atoms with Crippen LogP contribution in [-0.4, -0.2) is 23.5 Å². The van der Waals surface area contributed by atoms with Gasteiger partial charge in [0.1, 0.15) is 0 Å². The molecule has 5 heteroatoms. The van der Waals surface area contributed by atoms with Crippen LogP contribution >= 0.6 is 11.6 Å². The molecule has 78 valence electrons. The lowest BCUT2D eigenvalue weighted by Gasteiger charge is -2.29. The number of nitrogens with zero attached hydrogens (tertiary/aromatic N) is 2. The van der Waals surface area contributed by atoms with E-state index in [0.29, 0.717) is 17.6 Å². The van der Waals surface area contributed by atoms with Crippen LogP contribution in [0.3, 0.4) is 0 Å². The molecule has 1 amide bonds. The van der Waals surface area contributed by atoms with Gasteiger partial charge in [0.05, 0.1) is 17.3 Å². The predicted octanol–water partition coefficient (Wildman–Crippen LogP) is 1.66. The molecule has 1 aliphatic heterocycles. The summed E-state index contributed by atoms with van der Waals surface area (Å²) in [5.74, 6) is 0.861. The summed E-state index contributed by atoms with van der Waals surface area (Å²) in [5, 5.41) is 3.33. The average Bonchev–Trinajstić information content (AvgIpc) is 2.98. The highest BCUT2D eigenvalue weighted by Gasteiger charge is 2.35. The third kappa shape index (κ3) is 1.55. The van der Waals surface area contributed by atoms with Gasteiger partial charge in [-0.1, -0.05) is 11.6 Å². The highest BCUT2D eigenvalue weighted by Crippen LogP contribution is 2.37. The first-order chi connectivity index (χ1) is 7.24. The molecular formula is C10H10ClN3O. The van der Waals surface area contributed by atoms with Gasteiger partial charge in [0, 0.05) is 12.2 Å². The molecule has 2 heterocycles. The Balaban J connectivity index is 2.05. The quantitative estimate of drug-likeness (QED) is 0.788. The van der Waals surface area contributed by atoms with Crippen molar-refractivity contribution in [2.75, 3.05) is 16.8 Å². The Hall–Kier alpha value is -1.29. The maximum absolute atomic E-state index is 11.5. The number of hydrogen-bond donors (Lipinski definition) is 1. The Labute approximate surface area is 92.2 Å². The number of fused-ring (bicyclic) bond motifs is 1. The molecule has 3 rings (SSSR count). The summed E-state index contributed by atoms with van der Waals surface area (Å²) in [6.45, 7) is 0.409. The molecule has 0 bridgehead atoms. The van der Waals surface area contributed by atoms with E-state index in [4.69, 9.17) is 11.6 Å². The third-order valence-corrected chi connectivity index (χ3v) is 2.89. The maximum atomic E-state index is 11.5. The average molecular weight is 224 g/mol. The van der Waals surface area contributed by atoms with Crippen molar-refractivity contribution in [2.45, 2.75) is 18.9 Å². The van der Waals surface area contributed by atoms with Gasteiger partial charge in [-0.05, 0) is 18.9 Å². The minimum atomic E-state index is 0.0125. The Morgan fingerprint density at radius 3 is 3.07 bits per heavy atom. The van der Waals surface area contributed by atoms with E-state index in [0.717, 1.165) is 24.3 Å². The van der Waals surface area contributed by atoms with Crippen molar-refractivity contribution in [1.82, 2.24) is 4.98 Å². The second-order valence-corrected chi connectivity index (χ2v) is 4.37. The van der Waals surface area contributed by atoms with Gasteiger partial charge in [-0.15, -0.1) is 0 Å². The smallest absolute Gasteiger partial charge is 0.244 e. The van der Waals surface area contributed by atoms with Crippen molar-refractivity contribution < 1.29 is 4.79 Å². The zero-order valence-electron chi connectivity index (χ0n) is 8.03. The molecule has 1 aromatic heterocycles. The van der Waals surface area contributed by atoms with Gasteiger partial charge in [-0.25, -0.2) is 4.98 Å². The van der Waals surface area contributed by atoms with E-state index in [9.17, 15) is 4.79 Å². The number of carbonyl (C=O) groups is 1. The van der Waals surface area contributed by atoms with Crippen LogP contribution in [0.4, 0.5) is 11.5 Å². The molecule has 0 saturated heterocycles. The van der Waals surface area contributed by atoms with Crippen molar-refractivity contribution >= 4 is 29.0 Å². The Morgan fingerprint density at radius 1 is 1.53 bits per heavy atom. The van der Waals surface area contributed by atoms with Crippen LogP contribution in [-0.2, 0) is 4.79 Å². The highest BCUT2D eigenvalue weighted by atomic mass is 35.5. The topological polar surface area (TPSA) is 45.2 Å². The van der Waals surface area contributed by atoms with Gasteiger partial charge in [0.2, 0.25) is 5.91 Å². The summed E-state index contributed by atoms with van der Waals surface area (Å²) in [7, 11) is 0. The maximum Gasteiger partial charge on any atom is 0.244 e. The van der Waals surface area contributed by atoms with Gasteiger partial charge < -0.3 is 10.2 Å². The Morgan fingerprint density at radius 2 is 2.33 bits per heavy atom. The highest BCUT2D eigenvalue weighted by molar-refractivity contribution is 6.31. The van der Waals surface area contributed by atoms with E-state index >= 15 is 0 Å². The Kier molecular flexibility index (Phi) is 1.85. The summed E-state index contributed by atoms with van der Waals surface area (Å²) < 4.78 is 0. The van der Waals surface area contributed by atoms with Gasteiger partial charge in [0.15, 0.2) is 5.82 Å². The van der Waals surface area contributed by atoms with Crippen LogP contribution in [0.1, 0.15) is 12.8 Å². The van der Waals surface area contributed by atoms with E-state index in [2.05, 4.69) is 15.2 Å². The number of aromatic nitrogens is 1. The summed E-state index contributed by atoms with van der Waals surface area (Å²) >= 11 is 5.83. The fraction of sp³-hybridized carbons (Fsp3) is 0.400. The SMILES string of the molecule is O=C1CN(C2CC2)c2ncc(Cl)cc2N1. The molecule has 15 heavy (non-hydrogen) atoms. The lowest BCUT2D eigenvalue weighted by Crippen LogP contribution is -2.40. The molecule has 2 aliphatic rings. The minimum Gasteiger partial charge on any atom is -0.343 e. The predicted molar refractivity (Wildman–Crippen MR) is 58.2 cm³/mol.